The fourth-order valence-electron chi connectivity index (χ4n) is 1.40. The lowest BCUT2D eigenvalue weighted by Gasteiger charge is -2.03. The molecule has 0 N–H and O–H groups in total. The summed E-state index contributed by atoms with van der Waals surface area (Å²) < 4.78 is 12.6. The van der Waals surface area contributed by atoms with E-state index >= 15 is 0 Å². The van der Waals surface area contributed by atoms with Crippen LogP contribution in [0.5, 0.6) is 0 Å². The number of hydrogen-bond acceptors (Lipinski definition) is 2. The van der Waals surface area contributed by atoms with Gasteiger partial charge in [-0.1, -0.05) is 24.3 Å². The zero-order chi connectivity index (χ0) is 10.7. The molecule has 2 nitrogen and oxygen atoms in total. The minimum atomic E-state index is -0.526. The maximum atomic E-state index is 12.6. The molecule has 0 radical (unpaired) electrons. The lowest BCUT2D eigenvalue weighted by Crippen LogP contribution is -1.88. The van der Waals surface area contributed by atoms with Crippen LogP contribution < -0.4 is 0 Å². The molecule has 0 saturated heterocycles. The monoisotopic (exact) mass is 201 g/mol. The topological polar surface area (TPSA) is 30.0 Å². The zero-order valence-corrected chi connectivity index (χ0v) is 7.85. The fourth-order valence-corrected chi connectivity index (χ4v) is 1.40. The molecule has 0 fully saturated rings. The van der Waals surface area contributed by atoms with Crippen molar-refractivity contribution in [3.05, 3.63) is 54.1 Å². The first-order valence-electron chi connectivity index (χ1n) is 4.47. The molecule has 1 heterocycles. The predicted octanol–water partition coefficient (Wildman–Crippen LogP) is 2.70. The van der Waals surface area contributed by atoms with Gasteiger partial charge in [-0.2, -0.15) is 4.39 Å². The lowest BCUT2D eigenvalue weighted by molar-refractivity contribution is 0.112. The van der Waals surface area contributed by atoms with E-state index in [1.54, 1.807) is 24.3 Å². The molecule has 0 aliphatic carbocycles. The van der Waals surface area contributed by atoms with E-state index in [0.29, 0.717) is 5.56 Å². The number of benzene rings is 1. The van der Waals surface area contributed by atoms with Crippen LogP contribution in [0.2, 0.25) is 0 Å². The maximum absolute atomic E-state index is 12.6. The van der Waals surface area contributed by atoms with Gasteiger partial charge in [0.2, 0.25) is 5.95 Å². The molecule has 3 heteroatoms. The Hall–Kier alpha value is -2.03. The molecule has 0 spiro atoms. The molecule has 2 rings (SSSR count). The zero-order valence-electron chi connectivity index (χ0n) is 7.85. The number of rotatable bonds is 2. The van der Waals surface area contributed by atoms with Crippen molar-refractivity contribution in [2.75, 3.05) is 0 Å². The van der Waals surface area contributed by atoms with E-state index in [2.05, 4.69) is 4.98 Å². The highest BCUT2D eigenvalue weighted by Gasteiger charge is 2.03. The lowest BCUT2D eigenvalue weighted by atomic mass is 10.0. The summed E-state index contributed by atoms with van der Waals surface area (Å²) in [6.07, 6.45) is 2.19. The van der Waals surface area contributed by atoms with Gasteiger partial charge in [-0.3, -0.25) is 4.79 Å². The molecule has 0 atom stereocenters. The van der Waals surface area contributed by atoms with Crippen molar-refractivity contribution < 1.29 is 9.18 Å². The van der Waals surface area contributed by atoms with E-state index in [1.165, 1.54) is 12.3 Å². The van der Waals surface area contributed by atoms with Crippen LogP contribution in [0.25, 0.3) is 11.1 Å². The molecule has 0 aliphatic heterocycles. The molecule has 1 aromatic carbocycles. The molecule has 0 bridgehead atoms. The van der Waals surface area contributed by atoms with Gasteiger partial charge in [0, 0.05) is 17.3 Å². The van der Waals surface area contributed by atoms with Crippen molar-refractivity contribution >= 4 is 6.29 Å². The van der Waals surface area contributed by atoms with E-state index in [1.807, 2.05) is 6.07 Å². The average molecular weight is 201 g/mol. The minimum absolute atomic E-state index is 0.526. The van der Waals surface area contributed by atoms with Crippen LogP contribution in [-0.4, -0.2) is 11.3 Å². The van der Waals surface area contributed by atoms with Gasteiger partial charge < -0.3 is 0 Å². The standard InChI is InChI=1S/C12H8FNO/c13-12-6-5-9(7-14-12)11-4-2-1-3-10(11)8-15/h1-8H. The Bertz CT molecular complexity index is 479. The summed E-state index contributed by atoms with van der Waals surface area (Å²) in [6, 6.07) is 10.0. The molecule has 74 valence electrons. The van der Waals surface area contributed by atoms with Crippen molar-refractivity contribution in [1.82, 2.24) is 4.98 Å². The Morgan fingerprint density at radius 1 is 1.13 bits per heavy atom. The number of aldehydes is 1. The smallest absolute Gasteiger partial charge is 0.212 e. The minimum Gasteiger partial charge on any atom is -0.298 e. The predicted molar refractivity (Wildman–Crippen MR) is 55.0 cm³/mol. The largest absolute Gasteiger partial charge is 0.298 e. The first-order chi connectivity index (χ1) is 7.31. The Kier molecular flexibility index (Phi) is 2.54. The quantitative estimate of drug-likeness (QED) is 0.552. The highest BCUT2D eigenvalue weighted by atomic mass is 19.1. The van der Waals surface area contributed by atoms with Crippen molar-refractivity contribution in [2.45, 2.75) is 0 Å². The summed E-state index contributed by atoms with van der Waals surface area (Å²) in [5.41, 5.74) is 2.07. The Morgan fingerprint density at radius 3 is 2.60 bits per heavy atom. The first-order valence-corrected chi connectivity index (χ1v) is 4.47. The molecular formula is C12H8FNO. The summed E-state index contributed by atoms with van der Waals surface area (Å²) in [6.45, 7) is 0. The molecule has 15 heavy (non-hydrogen) atoms. The van der Waals surface area contributed by atoms with Gasteiger partial charge in [-0.15, -0.1) is 0 Å². The second-order valence-electron chi connectivity index (χ2n) is 3.07. The third-order valence-electron chi connectivity index (χ3n) is 2.13. The summed E-state index contributed by atoms with van der Waals surface area (Å²) in [5.74, 6) is -0.526. The van der Waals surface area contributed by atoms with Crippen LogP contribution in [-0.2, 0) is 0 Å². The Labute approximate surface area is 86.4 Å². The molecule has 2 aromatic rings. The second kappa shape index (κ2) is 4.00. The maximum Gasteiger partial charge on any atom is 0.212 e. The van der Waals surface area contributed by atoms with Crippen LogP contribution in [0.4, 0.5) is 4.39 Å². The fraction of sp³-hybridized carbons (Fsp3) is 0. The van der Waals surface area contributed by atoms with Crippen LogP contribution in [0.3, 0.4) is 0 Å². The molecular weight excluding hydrogens is 193 g/mol. The SMILES string of the molecule is O=Cc1ccccc1-c1ccc(F)nc1. The van der Waals surface area contributed by atoms with Crippen LogP contribution in [0.1, 0.15) is 10.4 Å². The third-order valence-corrected chi connectivity index (χ3v) is 2.13. The highest BCUT2D eigenvalue weighted by Crippen LogP contribution is 2.21. The number of halogens is 1. The number of carbonyl (C=O) groups excluding carboxylic acids is 1. The number of pyridine rings is 1. The third kappa shape index (κ3) is 1.91. The summed E-state index contributed by atoms with van der Waals surface area (Å²) >= 11 is 0. The molecule has 0 aliphatic rings. The van der Waals surface area contributed by atoms with Gasteiger partial charge in [0.05, 0.1) is 0 Å². The van der Waals surface area contributed by atoms with Gasteiger partial charge in [0.25, 0.3) is 0 Å². The van der Waals surface area contributed by atoms with Crippen molar-refractivity contribution in [3.8, 4) is 11.1 Å². The van der Waals surface area contributed by atoms with Crippen LogP contribution >= 0.6 is 0 Å². The Morgan fingerprint density at radius 2 is 1.93 bits per heavy atom. The molecule has 0 unspecified atom stereocenters. The highest BCUT2D eigenvalue weighted by molar-refractivity contribution is 5.87. The van der Waals surface area contributed by atoms with Crippen LogP contribution in [0, 0.1) is 5.95 Å². The average Bonchev–Trinajstić information content (AvgIpc) is 2.30. The van der Waals surface area contributed by atoms with Gasteiger partial charge in [-0.05, 0) is 17.7 Å². The molecule has 0 saturated carbocycles. The number of nitrogens with zero attached hydrogens (tertiary/aromatic N) is 1. The van der Waals surface area contributed by atoms with Crippen molar-refractivity contribution in [3.63, 3.8) is 0 Å². The van der Waals surface area contributed by atoms with E-state index in [-0.39, 0.29) is 0 Å². The summed E-state index contributed by atoms with van der Waals surface area (Å²) in [5, 5.41) is 0. The summed E-state index contributed by atoms with van der Waals surface area (Å²) in [4.78, 5) is 14.3. The Balaban J connectivity index is 2.53. The van der Waals surface area contributed by atoms with Crippen molar-refractivity contribution in [1.29, 1.82) is 0 Å². The van der Waals surface area contributed by atoms with Crippen LogP contribution in [0.15, 0.2) is 42.6 Å². The number of carbonyl (C=O) groups is 1. The summed E-state index contributed by atoms with van der Waals surface area (Å²) in [7, 11) is 0. The van der Waals surface area contributed by atoms with Crippen molar-refractivity contribution in [2.24, 2.45) is 0 Å². The van der Waals surface area contributed by atoms with Gasteiger partial charge in [0.1, 0.15) is 0 Å². The van der Waals surface area contributed by atoms with E-state index in [9.17, 15) is 9.18 Å². The first kappa shape index (κ1) is 9.52. The van der Waals surface area contributed by atoms with E-state index < -0.39 is 5.95 Å². The van der Waals surface area contributed by atoms with E-state index in [0.717, 1.165) is 17.4 Å². The molecule has 0 amide bonds. The van der Waals surface area contributed by atoms with Gasteiger partial charge in [-0.25, -0.2) is 4.98 Å². The normalized spacial score (nSPS) is 9.93. The second-order valence-corrected chi connectivity index (χ2v) is 3.07. The number of hydrogen-bond donors (Lipinski definition) is 0. The number of aromatic nitrogens is 1. The van der Waals surface area contributed by atoms with E-state index in [4.69, 9.17) is 0 Å². The molecule has 1 aromatic heterocycles. The van der Waals surface area contributed by atoms with Gasteiger partial charge in [0.15, 0.2) is 6.29 Å². The van der Waals surface area contributed by atoms with Gasteiger partial charge >= 0.3 is 0 Å².